The van der Waals surface area contributed by atoms with Gasteiger partial charge in [-0.1, -0.05) is 54.6 Å². The van der Waals surface area contributed by atoms with Crippen molar-refractivity contribution in [2.75, 3.05) is 0 Å². The molecule has 0 bridgehead atoms. The number of hydrogen-bond acceptors (Lipinski definition) is 4. The lowest BCUT2D eigenvalue weighted by molar-refractivity contribution is 0.0950. The number of hydrazone groups is 1. The van der Waals surface area contributed by atoms with E-state index < -0.39 is 0 Å². The maximum absolute atomic E-state index is 12.5. The molecule has 136 valence electrons. The molecule has 0 saturated heterocycles. The number of phenols is 1. The Hall–Kier alpha value is -3.60. The molecule has 0 aliphatic rings. The number of hydrogen-bond donors (Lipinski definition) is 2. The van der Waals surface area contributed by atoms with Crippen molar-refractivity contribution < 1.29 is 14.6 Å². The zero-order valence-electron chi connectivity index (χ0n) is 14.9. The fourth-order valence-corrected chi connectivity index (χ4v) is 2.51. The highest BCUT2D eigenvalue weighted by Crippen LogP contribution is 2.19. The second kappa shape index (κ2) is 8.67. The Bertz CT molecular complexity index is 953. The Labute approximate surface area is 157 Å². The number of carbonyl (C=O) groups excluding carboxylic acids is 1. The van der Waals surface area contributed by atoms with E-state index in [1.54, 1.807) is 43.3 Å². The molecule has 3 rings (SSSR count). The van der Waals surface area contributed by atoms with Crippen molar-refractivity contribution in [1.29, 1.82) is 0 Å². The molecule has 0 fully saturated rings. The molecular weight excluding hydrogens is 340 g/mol. The molecular formula is C22H20N2O3. The molecule has 0 atom stereocenters. The van der Waals surface area contributed by atoms with E-state index in [2.05, 4.69) is 10.5 Å². The second-order valence-electron chi connectivity index (χ2n) is 5.96. The first kappa shape index (κ1) is 18.2. The van der Waals surface area contributed by atoms with Crippen LogP contribution in [0.15, 0.2) is 84.0 Å². The van der Waals surface area contributed by atoms with Crippen molar-refractivity contribution in [2.45, 2.75) is 13.5 Å². The van der Waals surface area contributed by atoms with Crippen LogP contribution in [-0.4, -0.2) is 16.7 Å². The highest BCUT2D eigenvalue weighted by atomic mass is 16.5. The number of nitrogens with one attached hydrogen (secondary N) is 1. The van der Waals surface area contributed by atoms with E-state index in [0.717, 1.165) is 11.1 Å². The summed E-state index contributed by atoms with van der Waals surface area (Å²) in [7, 11) is 0. The Balaban J connectivity index is 1.70. The molecule has 5 heteroatoms. The van der Waals surface area contributed by atoms with Gasteiger partial charge in [0.15, 0.2) is 0 Å². The van der Waals surface area contributed by atoms with E-state index in [0.29, 0.717) is 23.6 Å². The summed E-state index contributed by atoms with van der Waals surface area (Å²) in [5, 5.41) is 13.7. The summed E-state index contributed by atoms with van der Waals surface area (Å²) in [6.45, 7) is 2.13. The standard InChI is InChI=1S/C22H20N2O3/c1-16(18-10-7-11-19(25)14-18)23-24-22(26)20-12-5-6-13-21(20)27-15-17-8-3-2-4-9-17/h2-14,25H,15H2,1H3,(H,24,26)/b23-16-. The molecule has 2 N–H and O–H groups in total. The van der Waals surface area contributed by atoms with Gasteiger partial charge < -0.3 is 9.84 Å². The summed E-state index contributed by atoms with van der Waals surface area (Å²) in [6.07, 6.45) is 0. The highest BCUT2D eigenvalue weighted by Gasteiger charge is 2.12. The molecule has 0 heterocycles. The topological polar surface area (TPSA) is 70.9 Å². The van der Waals surface area contributed by atoms with Crippen LogP contribution in [0.25, 0.3) is 0 Å². The lowest BCUT2D eigenvalue weighted by Crippen LogP contribution is -2.20. The summed E-state index contributed by atoms with van der Waals surface area (Å²) >= 11 is 0. The summed E-state index contributed by atoms with van der Waals surface area (Å²) in [5.74, 6) is 0.273. The van der Waals surface area contributed by atoms with Crippen molar-refractivity contribution >= 4 is 11.6 Å². The van der Waals surface area contributed by atoms with E-state index in [9.17, 15) is 9.90 Å². The molecule has 0 saturated carbocycles. The predicted octanol–water partition coefficient (Wildman–Crippen LogP) is 4.13. The van der Waals surface area contributed by atoms with Gasteiger partial charge in [0.2, 0.25) is 0 Å². The van der Waals surface area contributed by atoms with Crippen LogP contribution in [0.5, 0.6) is 11.5 Å². The number of benzene rings is 3. The van der Waals surface area contributed by atoms with Crippen molar-refractivity contribution in [1.82, 2.24) is 5.43 Å². The van der Waals surface area contributed by atoms with Gasteiger partial charge in [-0.2, -0.15) is 5.10 Å². The van der Waals surface area contributed by atoms with Crippen molar-refractivity contribution in [3.8, 4) is 11.5 Å². The molecule has 5 nitrogen and oxygen atoms in total. The van der Waals surface area contributed by atoms with Gasteiger partial charge in [-0.3, -0.25) is 4.79 Å². The number of aromatic hydroxyl groups is 1. The van der Waals surface area contributed by atoms with Gasteiger partial charge in [0, 0.05) is 5.56 Å². The van der Waals surface area contributed by atoms with Crippen LogP contribution in [-0.2, 0) is 6.61 Å². The Morgan fingerprint density at radius 2 is 1.74 bits per heavy atom. The fourth-order valence-electron chi connectivity index (χ4n) is 2.51. The average molecular weight is 360 g/mol. The SMILES string of the molecule is C/C(=N/NC(=O)c1ccccc1OCc1ccccc1)c1cccc(O)c1. The lowest BCUT2D eigenvalue weighted by atomic mass is 10.1. The number of ether oxygens (including phenoxy) is 1. The molecule has 0 unspecified atom stereocenters. The van der Waals surface area contributed by atoms with Crippen LogP contribution in [0.4, 0.5) is 0 Å². The van der Waals surface area contributed by atoms with E-state index in [1.165, 1.54) is 0 Å². The molecule has 3 aromatic carbocycles. The zero-order valence-corrected chi connectivity index (χ0v) is 14.9. The van der Waals surface area contributed by atoms with E-state index >= 15 is 0 Å². The molecule has 0 aromatic heterocycles. The number of amides is 1. The number of carbonyl (C=O) groups is 1. The van der Waals surface area contributed by atoms with E-state index in [4.69, 9.17) is 4.74 Å². The number of rotatable bonds is 6. The van der Waals surface area contributed by atoms with Crippen LogP contribution >= 0.6 is 0 Å². The normalized spacial score (nSPS) is 11.1. The van der Waals surface area contributed by atoms with Crippen LogP contribution in [0.2, 0.25) is 0 Å². The molecule has 0 aliphatic carbocycles. The minimum absolute atomic E-state index is 0.146. The van der Waals surface area contributed by atoms with Crippen LogP contribution < -0.4 is 10.2 Å². The Morgan fingerprint density at radius 1 is 1.00 bits per heavy atom. The zero-order chi connectivity index (χ0) is 19.1. The van der Waals surface area contributed by atoms with Gasteiger partial charge in [0.1, 0.15) is 18.1 Å². The molecule has 1 amide bonds. The Morgan fingerprint density at radius 3 is 2.52 bits per heavy atom. The first-order valence-corrected chi connectivity index (χ1v) is 8.53. The van der Waals surface area contributed by atoms with Crippen LogP contribution in [0.1, 0.15) is 28.4 Å². The summed E-state index contributed by atoms with van der Waals surface area (Å²) < 4.78 is 5.81. The number of nitrogens with zero attached hydrogens (tertiary/aromatic N) is 1. The first-order valence-electron chi connectivity index (χ1n) is 8.53. The quantitative estimate of drug-likeness (QED) is 0.513. The lowest BCUT2D eigenvalue weighted by Gasteiger charge is -2.11. The largest absolute Gasteiger partial charge is 0.508 e. The smallest absolute Gasteiger partial charge is 0.275 e. The first-order chi connectivity index (χ1) is 13.1. The van der Waals surface area contributed by atoms with Gasteiger partial charge in [-0.25, -0.2) is 5.43 Å². The maximum atomic E-state index is 12.5. The molecule has 0 spiro atoms. The van der Waals surface area contributed by atoms with Crippen LogP contribution in [0.3, 0.4) is 0 Å². The summed E-state index contributed by atoms with van der Waals surface area (Å²) in [6, 6.07) is 23.5. The van der Waals surface area contributed by atoms with Crippen molar-refractivity contribution in [2.24, 2.45) is 5.10 Å². The van der Waals surface area contributed by atoms with Crippen molar-refractivity contribution in [3.63, 3.8) is 0 Å². The Kier molecular flexibility index (Phi) is 5.84. The minimum atomic E-state index is -0.363. The molecule has 0 aliphatic heterocycles. The predicted molar refractivity (Wildman–Crippen MR) is 105 cm³/mol. The molecule has 27 heavy (non-hydrogen) atoms. The third kappa shape index (κ3) is 4.95. The van der Waals surface area contributed by atoms with E-state index in [1.807, 2.05) is 42.5 Å². The summed E-state index contributed by atoms with van der Waals surface area (Å²) in [4.78, 5) is 12.5. The second-order valence-corrected chi connectivity index (χ2v) is 5.96. The van der Waals surface area contributed by atoms with Crippen LogP contribution in [0, 0.1) is 0 Å². The van der Waals surface area contributed by atoms with Crippen molar-refractivity contribution in [3.05, 3.63) is 95.6 Å². The van der Waals surface area contributed by atoms with Gasteiger partial charge >= 0.3 is 0 Å². The van der Waals surface area contributed by atoms with Gasteiger partial charge in [0.05, 0.1) is 11.3 Å². The summed E-state index contributed by atoms with van der Waals surface area (Å²) in [5.41, 5.74) is 5.28. The maximum Gasteiger partial charge on any atom is 0.275 e. The third-order valence-electron chi connectivity index (χ3n) is 3.96. The molecule has 3 aromatic rings. The van der Waals surface area contributed by atoms with Gasteiger partial charge in [0.25, 0.3) is 5.91 Å². The number of phenolic OH excluding ortho intramolecular Hbond substituents is 1. The monoisotopic (exact) mass is 360 g/mol. The van der Waals surface area contributed by atoms with E-state index in [-0.39, 0.29) is 11.7 Å². The highest BCUT2D eigenvalue weighted by molar-refractivity contribution is 6.01. The minimum Gasteiger partial charge on any atom is -0.508 e. The molecule has 0 radical (unpaired) electrons. The van der Waals surface area contributed by atoms with Gasteiger partial charge in [-0.15, -0.1) is 0 Å². The van der Waals surface area contributed by atoms with Gasteiger partial charge in [-0.05, 0) is 36.8 Å². The third-order valence-corrected chi connectivity index (χ3v) is 3.96. The fraction of sp³-hybridized carbons (Fsp3) is 0.0909. The average Bonchev–Trinajstić information content (AvgIpc) is 2.71. The number of para-hydroxylation sites is 1.